The molecule has 0 aliphatic heterocycles. The van der Waals surface area contributed by atoms with Crippen molar-refractivity contribution >= 4 is 16.1 Å². The summed E-state index contributed by atoms with van der Waals surface area (Å²) in [6.07, 6.45) is 0. The van der Waals surface area contributed by atoms with Crippen LogP contribution in [-0.4, -0.2) is 14.4 Å². The Morgan fingerprint density at radius 3 is 2.23 bits per heavy atom. The summed E-state index contributed by atoms with van der Waals surface area (Å²) < 4.78 is 23.9. The first-order valence-corrected chi connectivity index (χ1v) is 4.84. The van der Waals surface area contributed by atoms with E-state index in [1.165, 1.54) is 29.0 Å². The third-order valence-corrected chi connectivity index (χ3v) is 2.63. The highest BCUT2D eigenvalue weighted by atomic mass is 32.2. The Bertz CT molecular complexity index is 399. The lowest BCUT2D eigenvalue weighted by Gasteiger charge is -2.02. The summed E-state index contributed by atoms with van der Waals surface area (Å²) in [5.74, 6) is 0. The Kier molecular flexibility index (Phi) is 2.52. The van der Waals surface area contributed by atoms with Gasteiger partial charge in [-0.05, 0) is 12.1 Å². The molecule has 0 aromatic heterocycles. The van der Waals surface area contributed by atoms with Crippen molar-refractivity contribution in [3.63, 3.8) is 0 Å². The van der Waals surface area contributed by atoms with Gasteiger partial charge in [0.05, 0.1) is 4.90 Å². The molecule has 0 saturated carbocycles. The highest BCUT2D eigenvalue weighted by molar-refractivity contribution is 7.90. The van der Waals surface area contributed by atoms with Crippen molar-refractivity contribution in [2.75, 3.05) is 0 Å². The van der Waals surface area contributed by atoms with Crippen LogP contribution in [0.5, 0.6) is 0 Å². The molecule has 69 valence electrons. The van der Waals surface area contributed by atoms with Crippen molar-refractivity contribution < 1.29 is 13.2 Å². The van der Waals surface area contributed by atoms with Gasteiger partial charge in [-0.2, -0.15) is 0 Å². The Balaban J connectivity index is 3.02. The molecule has 0 saturated heterocycles. The third-order valence-electron chi connectivity index (χ3n) is 1.28. The van der Waals surface area contributed by atoms with Gasteiger partial charge < -0.3 is 0 Å². The standard InChI is InChI=1S/C7H7N2O3S/c8-7(10)9-13(11,12)6-4-2-1-3-5-6/h1-5,8H,(H,9,10). The lowest BCUT2D eigenvalue weighted by molar-refractivity contribution is 0.252. The fraction of sp³-hybridized carbons (Fsp3) is 0. The van der Waals surface area contributed by atoms with Crippen molar-refractivity contribution in [1.29, 1.82) is 0 Å². The second-order valence-corrected chi connectivity index (χ2v) is 3.93. The number of hydrogen-bond acceptors (Lipinski definition) is 3. The van der Waals surface area contributed by atoms with Gasteiger partial charge in [0.25, 0.3) is 10.0 Å². The van der Waals surface area contributed by atoms with Crippen LogP contribution in [0.2, 0.25) is 0 Å². The molecular weight excluding hydrogens is 192 g/mol. The van der Waals surface area contributed by atoms with E-state index in [2.05, 4.69) is 0 Å². The summed E-state index contributed by atoms with van der Waals surface area (Å²) in [5.41, 5.74) is 6.45. The molecule has 1 aromatic rings. The van der Waals surface area contributed by atoms with E-state index in [9.17, 15) is 13.2 Å². The second kappa shape index (κ2) is 3.44. The molecule has 0 aliphatic rings. The molecule has 0 unspecified atom stereocenters. The van der Waals surface area contributed by atoms with Gasteiger partial charge in [0.2, 0.25) is 0 Å². The minimum absolute atomic E-state index is 0.0319. The van der Waals surface area contributed by atoms with Gasteiger partial charge in [-0.1, -0.05) is 18.2 Å². The van der Waals surface area contributed by atoms with Crippen LogP contribution in [0.15, 0.2) is 35.2 Å². The quantitative estimate of drug-likeness (QED) is 0.746. The average Bonchev–Trinajstić information content (AvgIpc) is 2.04. The minimum atomic E-state index is -3.85. The van der Waals surface area contributed by atoms with Gasteiger partial charge in [-0.15, -0.1) is 0 Å². The average molecular weight is 199 g/mol. The highest BCUT2D eigenvalue weighted by Crippen LogP contribution is 2.06. The van der Waals surface area contributed by atoms with Crippen LogP contribution in [0.25, 0.3) is 0 Å². The molecule has 0 bridgehead atoms. The zero-order valence-corrected chi connectivity index (χ0v) is 7.34. The molecule has 0 heterocycles. The molecule has 1 radical (unpaired) electrons. The van der Waals surface area contributed by atoms with Gasteiger partial charge in [-0.3, -0.25) is 0 Å². The van der Waals surface area contributed by atoms with Crippen molar-refractivity contribution in [1.82, 2.24) is 10.5 Å². The summed E-state index contributed by atoms with van der Waals surface area (Å²) in [6, 6.07) is 6.05. The largest absolute Gasteiger partial charge is 0.347 e. The molecule has 1 aromatic carbocycles. The summed E-state index contributed by atoms with van der Waals surface area (Å²) in [4.78, 5) is 10.2. The van der Waals surface area contributed by atoms with E-state index >= 15 is 0 Å². The number of sulfonamides is 1. The van der Waals surface area contributed by atoms with Crippen LogP contribution in [-0.2, 0) is 10.0 Å². The first-order valence-electron chi connectivity index (χ1n) is 3.36. The maximum absolute atomic E-state index is 11.2. The second-order valence-electron chi connectivity index (χ2n) is 2.25. The maximum Gasteiger partial charge on any atom is 0.347 e. The molecule has 0 aliphatic carbocycles. The van der Waals surface area contributed by atoms with Crippen molar-refractivity contribution in [3.8, 4) is 0 Å². The normalized spacial score (nSPS) is 10.8. The number of carbonyl (C=O) groups is 1. The van der Waals surface area contributed by atoms with Crippen molar-refractivity contribution in [2.24, 2.45) is 0 Å². The van der Waals surface area contributed by atoms with Gasteiger partial charge >= 0.3 is 6.03 Å². The van der Waals surface area contributed by atoms with Gasteiger partial charge in [0.1, 0.15) is 0 Å². The predicted octanol–water partition coefficient (Wildman–Crippen LogP) is 0.368. The molecule has 0 spiro atoms. The highest BCUT2D eigenvalue weighted by Gasteiger charge is 2.14. The van der Waals surface area contributed by atoms with E-state index in [0.717, 1.165) is 0 Å². The Labute approximate surface area is 75.6 Å². The fourth-order valence-corrected chi connectivity index (χ4v) is 1.66. The number of carbonyl (C=O) groups excluding carboxylic acids is 1. The fourth-order valence-electron chi connectivity index (χ4n) is 0.781. The van der Waals surface area contributed by atoms with Gasteiger partial charge in [0.15, 0.2) is 0 Å². The molecular formula is C7H7N2O3S. The van der Waals surface area contributed by atoms with Gasteiger partial charge in [0, 0.05) is 0 Å². The first-order chi connectivity index (χ1) is 6.02. The van der Waals surface area contributed by atoms with E-state index in [4.69, 9.17) is 5.73 Å². The summed E-state index contributed by atoms with van der Waals surface area (Å²) in [6.45, 7) is 0. The molecule has 13 heavy (non-hydrogen) atoms. The molecule has 2 N–H and O–H groups in total. The van der Waals surface area contributed by atoms with Crippen molar-refractivity contribution in [3.05, 3.63) is 30.3 Å². The molecule has 0 atom stereocenters. The zero-order chi connectivity index (χ0) is 9.90. The van der Waals surface area contributed by atoms with E-state index in [-0.39, 0.29) is 4.90 Å². The number of nitrogens with one attached hydrogen (secondary N) is 2. The number of rotatable bonds is 2. The topological polar surface area (TPSA) is 87.0 Å². The predicted molar refractivity (Wildman–Crippen MR) is 45.3 cm³/mol. The molecule has 1 rings (SSSR count). The van der Waals surface area contributed by atoms with Crippen LogP contribution >= 0.6 is 0 Å². The van der Waals surface area contributed by atoms with E-state index in [0.29, 0.717) is 0 Å². The van der Waals surface area contributed by atoms with Crippen LogP contribution in [0, 0.1) is 0 Å². The Morgan fingerprint density at radius 1 is 1.23 bits per heavy atom. The number of benzene rings is 1. The SMILES string of the molecule is [NH]C(=O)NS(=O)(=O)c1ccccc1. The van der Waals surface area contributed by atoms with E-state index < -0.39 is 16.1 Å². The van der Waals surface area contributed by atoms with Gasteiger partial charge in [-0.25, -0.2) is 23.7 Å². The lowest BCUT2D eigenvalue weighted by Crippen LogP contribution is -2.29. The minimum Gasteiger partial charge on any atom is -0.247 e. The van der Waals surface area contributed by atoms with Crippen LogP contribution in [0.3, 0.4) is 0 Å². The van der Waals surface area contributed by atoms with Crippen LogP contribution in [0.1, 0.15) is 0 Å². The Hall–Kier alpha value is -1.56. The molecule has 2 amide bonds. The zero-order valence-electron chi connectivity index (χ0n) is 6.52. The number of amides is 2. The molecule has 5 nitrogen and oxygen atoms in total. The smallest absolute Gasteiger partial charge is 0.247 e. The van der Waals surface area contributed by atoms with Crippen LogP contribution < -0.4 is 10.5 Å². The Morgan fingerprint density at radius 2 is 1.77 bits per heavy atom. The van der Waals surface area contributed by atoms with E-state index in [1.807, 2.05) is 0 Å². The number of urea groups is 1. The summed E-state index contributed by atoms with van der Waals surface area (Å²) in [7, 11) is -3.85. The summed E-state index contributed by atoms with van der Waals surface area (Å²) >= 11 is 0. The summed E-state index contributed by atoms with van der Waals surface area (Å²) in [5, 5.41) is 0. The van der Waals surface area contributed by atoms with Crippen molar-refractivity contribution in [2.45, 2.75) is 4.90 Å². The number of hydrogen-bond donors (Lipinski definition) is 1. The van der Waals surface area contributed by atoms with E-state index in [1.54, 1.807) is 6.07 Å². The van der Waals surface area contributed by atoms with Crippen LogP contribution in [0.4, 0.5) is 4.79 Å². The molecule has 0 fully saturated rings. The molecule has 6 heteroatoms. The maximum atomic E-state index is 11.2. The first kappa shape index (κ1) is 9.53. The monoisotopic (exact) mass is 199 g/mol. The third kappa shape index (κ3) is 2.45. The lowest BCUT2D eigenvalue weighted by atomic mass is 10.4.